The van der Waals surface area contributed by atoms with Gasteiger partial charge in [0.25, 0.3) is 5.91 Å². The van der Waals surface area contributed by atoms with Gasteiger partial charge in [-0.25, -0.2) is 4.79 Å². The van der Waals surface area contributed by atoms with E-state index in [1.807, 2.05) is 13.1 Å². The van der Waals surface area contributed by atoms with Crippen molar-refractivity contribution < 1.29 is 14.7 Å². The molecule has 2 rings (SSSR count). The third-order valence-electron chi connectivity index (χ3n) is 2.77. The van der Waals surface area contributed by atoms with Crippen LogP contribution in [0.4, 0.5) is 0 Å². The highest BCUT2D eigenvalue weighted by Gasteiger charge is 2.06. The monoisotopic (exact) mass is 285 g/mol. The Morgan fingerprint density at radius 2 is 2.19 bits per heavy atom. The number of rotatable bonds is 5. The topological polar surface area (TPSA) is 84.2 Å². The first-order valence-corrected chi connectivity index (χ1v) is 6.32. The molecule has 0 aliphatic heterocycles. The smallest absolute Gasteiger partial charge is 0.328 e. The Morgan fingerprint density at radius 1 is 1.38 bits per heavy atom. The molecule has 1 heterocycles. The first-order chi connectivity index (χ1) is 10.0. The summed E-state index contributed by atoms with van der Waals surface area (Å²) in [4.78, 5) is 22.5. The van der Waals surface area contributed by atoms with Gasteiger partial charge in [-0.15, -0.1) is 0 Å². The van der Waals surface area contributed by atoms with Gasteiger partial charge in [0.05, 0.1) is 12.2 Å². The highest BCUT2D eigenvalue weighted by molar-refractivity contribution is 5.95. The number of nitrogens with one attached hydrogen (secondary N) is 1. The van der Waals surface area contributed by atoms with Crippen LogP contribution in [0.2, 0.25) is 0 Å². The Labute approximate surface area is 121 Å². The van der Waals surface area contributed by atoms with Crippen LogP contribution in [0.25, 0.3) is 6.08 Å². The molecular weight excluding hydrogens is 270 g/mol. The Balaban J connectivity index is 2.02. The number of carbonyl (C=O) groups is 2. The zero-order valence-corrected chi connectivity index (χ0v) is 11.5. The number of hydrogen-bond donors (Lipinski definition) is 2. The Kier molecular flexibility index (Phi) is 4.50. The number of carbonyl (C=O) groups excluding carboxylic acids is 1. The highest BCUT2D eigenvalue weighted by Crippen LogP contribution is 2.07. The fourth-order valence-electron chi connectivity index (χ4n) is 1.78. The number of aryl methyl sites for hydroxylation is 1. The molecule has 1 amide bonds. The van der Waals surface area contributed by atoms with Crippen LogP contribution in [0.15, 0.2) is 42.6 Å². The van der Waals surface area contributed by atoms with Crippen LogP contribution in [-0.4, -0.2) is 26.8 Å². The lowest BCUT2D eigenvalue weighted by Gasteiger charge is -2.04. The van der Waals surface area contributed by atoms with E-state index in [0.717, 1.165) is 11.8 Å². The number of aromatic nitrogens is 2. The van der Waals surface area contributed by atoms with Gasteiger partial charge in [-0.2, -0.15) is 5.10 Å². The zero-order chi connectivity index (χ0) is 15.2. The first-order valence-electron chi connectivity index (χ1n) is 6.32. The summed E-state index contributed by atoms with van der Waals surface area (Å²) < 4.78 is 1.67. The molecule has 1 aromatic heterocycles. The lowest BCUT2D eigenvalue weighted by atomic mass is 10.1. The lowest BCUT2D eigenvalue weighted by Crippen LogP contribution is -2.23. The molecule has 0 radical (unpaired) electrons. The molecule has 6 heteroatoms. The maximum Gasteiger partial charge on any atom is 0.328 e. The van der Waals surface area contributed by atoms with Gasteiger partial charge in [-0.1, -0.05) is 12.1 Å². The molecule has 0 saturated carbocycles. The fourth-order valence-corrected chi connectivity index (χ4v) is 1.78. The number of benzene rings is 1. The van der Waals surface area contributed by atoms with Crippen molar-refractivity contribution in [3.8, 4) is 0 Å². The molecule has 0 unspecified atom stereocenters. The van der Waals surface area contributed by atoms with Crippen LogP contribution in [0.5, 0.6) is 0 Å². The number of carboxylic acid groups (broad SMARTS) is 1. The molecule has 21 heavy (non-hydrogen) atoms. The van der Waals surface area contributed by atoms with Crippen molar-refractivity contribution in [2.45, 2.75) is 6.54 Å². The summed E-state index contributed by atoms with van der Waals surface area (Å²) in [5.74, 6) is -1.26. The third-order valence-corrected chi connectivity index (χ3v) is 2.77. The second kappa shape index (κ2) is 6.51. The summed E-state index contributed by atoms with van der Waals surface area (Å²) in [6.07, 6.45) is 4.28. The van der Waals surface area contributed by atoms with E-state index < -0.39 is 5.97 Å². The summed E-state index contributed by atoms with van der Waals surface area (Å²) in [5.41, 5.74) is 1.90. The Hall–Kier alpha value is -2.89. The predicted octanol–water partition coefficient (Wildman–Crippen LogP) is 1.45. The van der Waals surface area contributed by atoms with Crippen LogP contribution in [0.1, 0.15) is 21.6 Å². The molecule has 0 bridgehead atoms. The minimum atomic E-state index is -1.03. The largest absolute Gasteiger partial charge is 0.478 e. The maximum absolute atomic E-state index is 12.0. The number of amides is 1. The second-order valence-electron chi connectivity index (χ2n) is 4.46. The van der Waals surface area contributed by atoms with E-state index in [1.165, 1.54) is 6.08 Å². The van der Waals surface area contributed by atoms with Gasteiger partial charge in [0.1, 0.15) is 0 Å². The molecule has 6 nitrogen and oxygen atoms in total. The number of nitrogens with zero attached hydrogens (tertiary/aromatic N) is 2. The molecule has 0 fully saturated rings. The maximum atomic E-state index is 12.0. The van der Waals surface area contributed by atoms with Crippen LogP contribution in [0, 0.1) is 0 Å². The van der Waals surface area contributed by atoms with Crippen molar-refractivity contribution in [3.05, 3.63) is 59.4 Å². The minimum absolute atomic E-state index is 0.230. The van der Waals surface area contributed by atoms with E-state index in [2.05, 4.69) is 10.4 Å². The third kappa shape index (κ3) is 4.31. The number of hydrogen-bond acceptors (Lipinski definition) is 3. The van der Waals surface area contributed by atoms with Crippen molar-refractivity contribution in [3.63, 3.8) is 0 Å². The summed E-state index contributed by atoms with van der Waals surface area (Å²) in [7, 11) is 1.81. The van der Waals surface area contributed by atoms with E-state index >= 15 is 0 Å². The number of aliphatic carboxylic acids is 1. The average molecular weight is 285 g/mol. The van der Waals surface area contributed by atoms with Gasteiger partial charge in [0.15, 0.2) is 0 Å². The van der Waals surface area contributed by atoms with Gasteiger partial charge in [-0.05, 0) is 29.8 Å². The van der Waals surface area contributed by atoms with Crippen LogP contribution in [-0.2, 0) is 18.4 Å². The van der Waals surface area contributed by atoms with Crippen molar-refractivity contribution in [2.75, 3.05) is 0 Å². The van der Waals surface area contributed by atoms with Gasteiger partial charge in [-0.3, -0.25) is 9.48 Å². The molecule has 0 aliphatic carbocycles. The molecular formula is C15H15N3O3. The normalized spacial score (nSPS) is 10.7. The van der Waals surface area contributed by atoms with Crippen LogP contribution >= 0.6 is 0 Å². The minimum Gasteiger partial charge on any atom is -0.478 e. The molecule has 0 atom stereocenters. The van der Waals surface area contributed by atoms with Gasteiger partial charge in [0, 0.05) is 24.9 Å². The van der Waals surface area contributed by atoms with Gasteiger partial charge < -0.3 is 10.4 Å². The molecule has 2 aromatic rings. The van der Waals surface area contributed by atoms with E-state index in [4.69, 9.17) is 5.11 Å². The fraction of sp³-hybridized carbons (Fsp3) is 0.133. The van der Waals surface area contributed by atoms with E-state index in [0.29, 0.717) is 17.7 Å². The summed E-state index contributed by atoms with van der Waals surface area (Å²) in [5, 5.41) is 15.5. The van der Waals surface area contributed by atoms with Crippen molar-refractivity contribution >= 4 is 18.0 Å². The van der Waals surface area contributed by atoms with Crippen LogP contribution in [0.3, 0.4) is 0 Å². The quantitative estimate of drug-likeness (QED) is 0.814. The molecule has 0 saturated heterocycles. The highest BCUT2D eigenvalue weighted by atomic mass is 16.4. The molecule has 0 aliphatic rings. The second-order valence-corrected chi connectivity index (χ2v) is 4.46. The summed E-state index contributed by atoms with van der Waals surface area (Å²) >= 11 is 0. The Bertz CT molecular complexity index is 689. The SMILES string of the molecule is Cn1ccc(CNC(=O)c2cccc(/C=C/C(=O)O)c2)n1. The first kappa shape index (κ1) is 14.5. The predicted molar refractivity (Wildman–Crippen MR) is 77.5 cm³/mol. The molecule has 1 aromatic carbocycles. The van der Waals surface area contributed by atoms with Gasteiger partial charge in [0.2, 0.25) is 0 Å². The van der Waals surface area contributed by atoms with Crippen LogP contribution < -0.4 is 5.32 Å². The molecule has 108 valence electrons. The average Bonchev–Trinajstić information content (AvgIpc) is 2.88. The van der Waals surface area contributed by atoms with E-state index in [1.54, 1.807) is 35.1 Å². The summed E-state index contributed by atoms with van der Waals surface area (Å²) in [6.45, 7) is 0.342. The van der Waals surface area contributed by atoms with Crippen molar-refractivity contribution in [1.29, 1.82) is 0 Å². The Morgan fingerprint density at radius 3 is 2.86 bits per heavy atom. The van der Waals surface area contributed by atoms with Crippen molar-refractivity contribution in [1.82, 2.24) is 15.1 Å². The zero-order valence-electron chi connectivity index (χ0n) is 11.5. The standard InChI is InChI=1S/C15H15N3O3/c1-18-8-7-13(17-18)10-16-15(21)12-4-2-3-11(9-12)5-6-14(19)20/h2-9H,10H2,1H3,(H,16,21)(H,19,20)/b6-5+. The lowest BCUT2D eigenvalue weighted by molar-refractivity contribution is -0.131. The molecule has 2 N–H and O–H groups in total. The van der Waals surface area contributed by atoms with Crippen molar-refractivity contribution in [2.24, 2.45) is 7.05 Å². The molecule has 0 spiro atoms. The van der Waals surface area contributed by atoms with E-state index in [9.17, 15) is 9.59 Å². The number of carboxylic acids is 1. The van der Waals surface area contributed by atoms with E-state index in [-0.39, 0.29) is 5.91 Å². The van der Waals surface area contributed by atoms with Gasteiger partial charge >= 0.3 is 5.97 Å². The summed E-state index contributed by atoms with van der Waals surface area (Å²) in [6, 6.07) is 8.57.